The first kappa shape index (κ1) is 12.4. The van der Waals surface area contributed by atoms with Crippen LogP contribution in [0.25, 0.3) is 0 Å². The minimum absolute atomic E-state index is 0.237. The summed E-state index contributed by atoms with van der Waals surface area (Å²) >= 11 is 0. The summed E-state index contributed by atoms with van der Waals surface area (Å²) in [6.45, 7) is 15.2. The van der Waals surface area contributed by atoms with Crippen molar-refractivity contribution >= 4 is 16.9 Å². The van der Waals surface area contributed by atoms with E-state index in [1.54, 1.807) is 0 Å². The molecule has 0 aliphatic heterocycles. The zero-order chi connectivity index (χ0) is 9.83. The van der Waals surface area contributed by atoms with Crippen LogP contribution >= 0.6 is 0 Å². The van der Waals surface area contributed by atoms with Crippen molar-refractivity contribution in [3.05, 3.63) is 0 Å². The molecule has 0 aromatic rings. The van der Waals surface area contributed by atoms with Crippen LogP contribution in [0.5, 0.6) is 0 Å². The van der Waals surface area contributed by atoms with E-state index >= 15 is 0 Å². The lowest BCUT2D eigenvalue weighted by Crippen LogP contribution is -2.45. The molecule has 0 atom stereocenters. The van der Waals surface area contributed by atoms with Crippen molar-refractivity contribution in [2.45, 2.75) is 52.2 Å². The minimum atomic E-state index is -1.03. The van der Waals surface area contributed by atoms with Crippen LogP contribution in [0, 0.1) is 0 Å². The lowest BCUT2D eigenvalue weighted by atomic mass is 10.2. The van der Waals surface area contributed by atoms with Crippen molar-refractivity contribution in [3.8, 4) is 0 Å². The Morgan fingerprint density at radius 2 is 1.75 bits per heavy atom. The largest absolute Gasteiger partial charge is 0.427 e. The van der Waals surface area contributed by atoms with Crippen LogP contribution in [-0.4, -0.2) is 23.5 Å². The van der Waals surface area contributed by atoms with Crippen molar-refractivity contribution in [1.29, 1.82) is 0 Å². The van der Waals surface area contributed by atoms with Crippen molar-refractivity contribution < 1.29 is 4.43 Å². The van der Waals surface area contributed by atoms with Gasteiger partial charge in [-0.15, -0.1) is 0 Å². The van der Waals surface area contributed by atoms with Crippen LogP contribution in [0.4, 0.5) is 0 Å². The first-order valence-corrected chi connectivity index (χ1v) is 10.8. The molecule has 0 amide bonds. The molecule has 74 valence electrons. The summed E-state index contributed by atoms with van der Waals surface area (Å²) < 4.78 is 5.77. The van der Waals surface area contributed by atoms with Crippen molar-refractivity contribution in [2.75, 3.05) is 6.61 Å². The maximum Gasteiger partial charge on any atom is 0.151 e. The molecule has 0 fully saturated rings. The lowest BCUT2D eigenvalue weighted by molar-refractivity contribution is 0.342. The fraction of sp³-hybridized carbons (Fsp3) is 1.00. The molecular weight excluding hydrogens is 180 g/mol. The van der Waals surface area contributed by atoms with Crippen LogP contribution in [0.2, 0.25) is 18.1 Å². The van der Waals surface area contributed by atoms with Gasteiger partial charge in [-0.3, -0.25) is 0 Å². The summed E-state index contributed by atoms with van der Waals surface area (Å²) in [4.78, 5) is 0. The highest BCUT2D eigenvalue weighted by Gasteiger charge is 2.35. The van der Waals surface area contributed by atoms with Crippen LogP contribution in [-0.2, 0) is 4.43 Å². The van der Waals surface area contributed by atoms with Gasteiger partial charge in [-0.25, -0.2) is 0 Å². The molecule has 0 aromatic heterocycles. The van der Waals surface area contributed by atoms with Crippen molar-refractivity contribution in [1.82, 2.24) is 0 Å². The number of rotatable bonds is 4. The Kier molecular flexibility index (Phi) is 4.73. The molecule has 0 bridgehead atoms. The Morgan fingerprint density at radius 3 is 2.08 bits per heavy atom. The summed E-state index contributed by atoms with van der Waals surface area (Å²) in [7, 11) is -1.26. The molecule has 3 heteroatoms. The van der Waals surface area contributed by atoms with Gasteiger partial charge in [0.2, 0.25) is 0 Å². The van der Waals surface area contributed by atoms with Crippen molar-refractivity contribution in [2.24, 2.45) is 0 Å². The zero-order valence-corrected chi connectivity index (χ0v) is 11.9. The summed E-state index contributed by atoms with van der Waals surface area (Å²) in [5.41, 5.74) is 0. The highest BCUT2D eigenvalue weighted by atomic mass is 29.2. The van der Waals surface area contributed by atoms with Gasteiger partial charge >= 0.3 is 0 Å². The summed E-state index contributed by atoms with van der Waals surface area (Å²) in [5, 5.41) is 0.521. The van der Waals surface area contributed by atoms with E-state index in [1.165, 1.54) is 6.42 Å². The molecule has 0 saturated heterocycles. The molecule has 12 heavy (non-hydrogen) atoms. The van der Waals surface area contributed by atoms with Gasteiger partial charge in [0.25, 0.3) is 0 Å². The second kappa shape index (κ2) is 4.58. The van der Waals surface area contributed by atoms with E-state index in [0.717, 1.165) is 6.61 Å². The van der Waals surface area contributed by atoms with Gasteiger partial charge in [-0.2, -0.15) is 0 Å². The van der Waals surface area contributed by atoms with Gasteiger partial charge in [0, 0.05) is 6.61 Å². The maximum absolute atomic E-state index is 5.77. The van der Waals surface area contributed by atoms with E-state index in [9.17, 15) is 0 Å². The van der Waals surface area contributed by atoms with Gasteiger partial charge in [-0.1, -0.05) is 40.8 Å². The summed E-state index contributed by atoms with van der Waals surface area (Å²) in [5.74, 6) is 0. The van der Waals surface area contributed by atoms with Crippen LogP contribution in [0.15, 0.2) is 0 Å². The normalized spacial score (nSPS) is 14.5. The third kappa shape index (κ3) is 3.87. The first-order valence-electron chi connectivity index (χ1n) is 4.89. The molecule has 0 N–H and O–H groups in total. The molecule has 0 radical (unpaired) electrons. The Hall–Kier alpha value is 0.394. The summed E-state index contributed by atoms with van der Waals surface area (Å²) in [6.07, 6.45) is 1.17. The monoisotopic (exact) mass is 204 g/mol. The molecule has 1 nitrogen and oxygen atoms in total. The first-order chi connectivity index (χ1) is 5.31. The predicted octanol–water partition coefficient (Wildman–Crippen LogP) is 2.50. The standard InChI is InChI=1S/C9H24OSi2/c1-7-8-10-11-12(5,6)9(2,3)4/h7-8,11H2,1-6H3. The zero-order valence-electron chi connectivity index (χ0n) is 9.53. The fourth-order valence-corrected chi connectivity index (χ4v) is 5.33. The SMILES string of the molecule is CCCO[SiH2][Si](C)(C)C(C)(C)C. The molecule has 0 aromatic carbocycles. The summed E-state index contributed by atoms with van der Waals surface area (Å²) in [6, 6.07) is 0. The minimum Gasteiger partial charge on any atom is -0.427 e. The third-order valence-electron chi connectivity index (χ3n) is 2.84. The Labute approximate surface area is 80.6 Å². The Morgan fingerprint density at radius 1 is 1.25 bits per heavy atom. The second-order valence-electron chi connectivity index (χ2n) is 5.19. The molecule has 0 rings (SSSR count). The van der Waals surface area contributed by atoms with Gasteiger partial charge in [0.1, 0.15) is 0 Å². The number of hydrogen-bond acceptors (Lipinski definition) is 1. The van der Waals surface area contributed by atoms with Crippen molar-refractivity contribution in [3.63, 3.8) is 0 Å². The van der Waals surface area contributed by atoms with Crippen LogP contribution in [0.3, 0.4) is 0 Å². The molecule has 0 aliphatic rings. The molecular formula is C9H24OSi2. The fourth-order valence-electron chi connectivity index (χ4n) is 0.688. The van der Waals surface area contributed by atoms with E-state index < -0.39 is 7.59 Å². The molecule has 0 spiro atoms. The highest BCUT2D eigenvalue weighted by Crippen LogP contribution is 2.34. The quantitative estimate of drug-likeness (QED) is 0.505. The van der Waals surface area contributed by atoms with E-state index in [2.05, 4.69) is 40.8 Å². The van der Waals surface area contributed by atoms with E-state index in [0.29, 0.717) is 5.04 Å². The van der Waals surface area contributed by atoms with Gasteiger partial charge in [-0.05, 0) is 11.5 Å². The van der Waals surface area contributed by atoms with Gasteiger partial charge in [0.15, 0.2) is 9.28 Å². The highest BCUT2D eigenvalue weighted by molar-refractivity contribution is 7.22. The third-order valence-corrected chi connectivity index (χ3v) is 14.1. The predicted molar refractivity (Wildman–Crippen MR) is 62.0 cm³/mol. The van der Waals surface area contributed by atoms with E-state index in [1.807, 2.05) is 0 Å². The average Bonchev–Trinajstić information content (AvgIpc) is 1.85. The molecule has 0 unspecified atom stereocenters. The number of hydrogen-bond donors (Lipinski definition) is 0. The maximum atomic E-state index is 5.77. The topological polar surface area (TPSA) is 9.23 Å². The van der Waals surface area contributed by atoms with E-state index in [-0.39, 0.29) is 9.28 Å². The molecule has 0 aliphatic carbocycles. The molecule has 0 heterocycles. The second-order valence-corrected chi connectivity index (χ2v) is 17.3. The average molecular weight is 204 g/mol. The van der Waals surface area contributed by atoms with Crippen LogP contribution in [0.1, 0.15) is 34.1 Å². The smallest absolute Gasteiger partial charge is 0.151 e. The van der Waals surface area contributed by atoms with E-state index in [4.69, 9.17) is 4.43 Å². The van der Waals surface area contributed by atoms with Crippen LogP contribution < -0.4 is 0 Å². The Bertz CT molecular complexity index is 127. The Balaban J connectivity index is 3.88. The lowest BCUT2D eigenvalue weighted by Gasteiger charge is -2.36. The van der Waals surface area contributed by atoms with Gasteiger partial charge < -0.3 is 4.43 Å². The van der Waals surface area contributed by atoms with Gasteiger partial charge in [0.05, 0.1) is 7.59 Å². The molecule has 0 saturated carbocycles.